The minimum Gasteiger partial charge on any atom is -0.294 e. The summed E-state index contributed by atoms with van der Waals surface area (Å²) in [7, 11) is 0. The number of ketones is 1. The fourth-order valence-corrected chi connectivity index (χ4v) is 2.51. The van der Waals surface area contributed by atoms with Crippen molar-refractivity contribution in [3.63, 3.8) is 0 Å². The first-order valence-electron chi connectivity index (χ1n) is 6.56. The molecule has 0 aliphatic heterocycles. The molecule has 19 heavy (non-hydrogen) atoms. The lowest BCUT2D eigenvalue weighted by atomic mass is 9.95. The van der Waals surface area contributed by atoms with Gasteiger partial charge in [0.2, 0.25) is 0 Å². The molecule has 0 N–H and O–H groups in total. The van der Waals surface area contributed by atoms with E-state index >= 15 is 0 Å². The molecule has 0 aliphatic rings. The van der Waals surface area contributed by atoms with Crippen molar-refractivity contribution >= 4 is 21.7 Å². The van der Waals surface area contributed by atoms with Gasteiger partial charge in [0.05, 0.1) is 0 Å². The molecule has 0 spiro atoms. The molecule has 0 unspecified atom stereocenters. The van der Waals surface area contributed by atoms with Crippen molar-refractivity contribution in [1.82, 2.24) is 0 Å². The molecular weight excluding hydrogens is 300 g/mol. The number of hydrogen-bond donors (Lipinski definition) is 0. The standard InChI is InChI=1S/C17H17BrO/c18-13-7-6-12-17(19)16-11-5-4-10-15(16)14-8-2-1-3-9-14/h1-5,8-11H,6-7,12-13H2. The van der Waals surface area contributed by atoms with Gasteiger partial charge in [0.15, 0.2) is 5.78 Å². The number of hydrogen-bond acceptors (Lipinski definition) is 1. The van der Waals surface area contributed by atoms with E-state index in [-0.39, 0.29) is 5.78 Å². The van der Waals surface area contributed by atoms with Crippen molar-refractivity contribution in [2.75, 3.05) is 5.33 Å². The molecule has 2 heteroatoms. The molecule has 2 aromatic rings. The van der Waals surface area contributed by atoms with Gasteiger partial charge in [-0.1, -0.05) is 70.5 Å². The number of carbonyl (C=O) groups excluding carboxylic acids is 1. The van der Waals surface area contributed by atoms with Gasteiger partial charge in [-0.25, -0.2) is 0 Å². The maximum absolute atomic E-state index is 12.3. The van der Waals surface area contributed by atoms with Crippen LogP contribution in [0.15, 0.2) is 54.6 Å². The second-order valence-corrected chi connectivity index (χ2v) is 5.27. The summed E-state index contributed by atoms with van der Waals surface area (Å²) in [5.41, 5.74) is 2.97. The van der Waals surface area contributed by atoms with E-state index in [2.05, 4.69) is 15.9 Å². The zero-order chi connectivity index (χ0) is 13.5. The van der Waals surface area contributed by atoms with Gasteiger partial charge in [0.25, 0.3) is 0 Å². The molecule has 0 aromatic heterocycles. The Morgan fingerprint density at radius 3 is 2.32 bits per heavy atom. The van der Waals surface area contributed by atoms with Crippen LogP contribution in [-0.4, -0.2) is 11.1 Å². The van der Waals surface area contributed by atoms with Gasteiger partial charge in [0.1, 0.15) is 0 Å². The van der Waals surface area contributed by atoms with Crippen LogP contribution >= 0.6 is 15.9 Å². The third kappa shape index (κ3) is 3.77. The SMILES string of the molecule is O=C(CCCCBr)c1ccccc1-c1ccccc1. The lowest BCUT2D eigenvalue weighted by Gasteiger charge is -2.08. The Morgan fingerprint density at radius 2 is 1.58 bits per heavy atom. The van der Waals surface area contributed by atoms with Crippen molar-refractivity contribution in [3.05, 3.63) is 60.2 Å². The van der Waals surface area contributed by atoms with Crippen molar-refractivity contribution in [1.29, 1.82) is 0 Å². The lowest BCUT2D eigenvalue weighted by molar-refractivity contribution is 0.0980. The van der Waals surface area contributed by atoms with Gasteiger partial charge in [-0.3, -0.25) is 4.79 Å². The van der Waals surface area contributed by atoms with Crippen LogP contribution in [-0.2, 0) is 0 Å². The summed E-state index contributed by atoms with van der Waals surface area (Å²) in [6.45, 7) is 0. The highest BCUT2D eigenvalue weighted by Gasteiger charge is 2.11. The molecule has 2 rings (SSSR count). The lowest BCUT2D eigenvalue weighted by Crippen LogP contribution is -2.01. The molecule has 0 amide bonds. The highest BCUT2D eigenvalue weighted by atomic mass is 79.9. The summed E-state index contributed by atoms with van der Waals surface area (Å²) < 4.78 is 0. The van der Waals surface area contributed by atoms with Gasteiger partial charge in [-0.2, -0.15) is 0 Å². The summed E-state index contributed by atoms with van der Waals surface area (Å²) in [4.78, 5) is 12.3. The minimum atomic E-state index is 0.236. The predicted molar refractivity (Wildman–Crippen MR) is 83.9 cm³/mol. The molecule has 0 radical (unpaired) electrons. The molecule has 1 nitrogen and oxygen atoms in total. The Hall–Kier alpha value is -1.41. The molecule has 98 valence electrons. The largest absolute Gasteiger partial charge is 0.294 e. The number of halogens is 1. The smallest absolute Gasteiger partial charge is 0.163 e. The highest BCUT2D eigenvalue weighted by Crippen LogP contribution is 2.24. The molecule has 0 bridgehead atoms. The number of Topliss-reactive ketones (excluding diaryl/α,β-unsaturated/α-hetero) is 1. The predicted octanol–water partition coefficient (Wildman–Crippen LogP) is 5.10. The van der Waals surface area contributed by atoms with Crippen LogP contribution in [0.4, 0.5) is 0 Å². The van der Waals surface area contributed by atoms with Gasteiger partial charge in [-0.15, -0.1) is 0 Å². The van der Waals surface area contributed by atoms with E-state index in [1.54, 1.807) is 0 Å². The van der Waals surface area contributed by atoms with Crippen molar-refractivity contribution in [2.24, 2.45) is 0 Å². The fraction of sp³-hybridized carbons (Fsp3) is 0.235. The van der Waals surface area contributed by atoms with Crippen molar-refractivity contribution in [3.8, 4) is 11.1 Å². The van der Waals surface area contributed by atoms with Gasteiger partial charge >= 0.3 is 0 Å². The van der Waals surface area contributed by atoms with Crippen molar-refractivity contribution < 1.29 is 4.79 Å². The maximum atomic E-state index is 12.3. The molecule has 0 saturated carbocycles. The van der Waals surface area contributed by atoms with E-state index in [1.807, 2.05) is 54.6 Å². The van der Waals surface area contributed by atoms with Crippen LogP contribution in [0, 0.1) is 0 Å². The number of rotatable bonds is 6. The van der Waals surface area contributed by atoms with E-state index in [0.29, 0.717) is 6.42 Å². The Bertz CT molecular complexity index is 534. The first kappa shape index (κ1) is 14.0. The first-order chi connectivity index (χ1) is 9.33. The van der Waals surface area contributed by atoms with E-state index in [0.717, 1.165) is 34.9 Å². The van der Waals surface area contributed by atoms with Gasteiger partial charge in [0, 0.05) is 17.3 Å². The number of benzene rings is 2. The van der Waals surface area contributed by atoms with E-state index in [9.17, 15) is 4.79 Å². The van der Waals surface area contributed by atoms with Crippen LogP contribution in [0.3, 0.4) is 0 Å². The Kier molecular flexibility index (Phi) is 5.34. The quantitative estimate of drug-likeness (QED) is 0.411. The van der Waals surface area contributed by atoms with E-state index in [4.69, 9.17) is 0 Å². The van der Waals surface area contributed by atoms with Crippen LogP contribution in [0.1, 0.15) is 29.6 Å². The van der Waals surface area contributed by atoms with Gasteiger partial charge < -0.3 is 0 Å². The monoisotopic (exact) mass is 316 g/mol. The number of alkyl halides is 1. The average molecular weight is 317 g/mol. The highest BCUT2D eigenvalue weighted by molar-refractivity contribution is 9.09. The first-order valence-corrected chi connectivity index (χ1v) is 7.68. The van der Waals surface area contributed by atoms with Crippen LogP contribution in [0.2, 0.25) is 0 Å². The van der Waals surface area contributed by atoms with Gasteiger partial charge in [-0.05, 0) is 24.0 Å². The zero-order valence-corrected chi connectivity index (χ0v) is 12.4. The summed E-state index contributed by atoms with van der Waals surface area (Å²) >= 11 is 3.40. The second kappa shape index (κ2) is 7.25. The van der Waals surface area contributed by atoms with Crippen molar-refractivity contribution in [2.45, 2.75) is 19.3 Å². The minimum absolute atomic E-state index is 0.236. The molecule has 0 fully saturated rings. The summed E-state index contributed by atoms with van der Waals surface area (Å²) in [5.74, 6) is 0.236. The molecule has 0 atom stereocenters. The number of carbonyl (C=O) groups is 1. The molecule has 2 aromatic carbocycles. The topological polar surface area (TPSA) is 17.1 Å². The van der Waals surface area contributed by atoms with Crippen LogP contribution in [0.25, 0.3) is 11.1 Å². The molecule has 0 saturated heterocycles. The summed E-state index contributed by atoms with van der Waals surface area (Å²) in [6.07, 6.45) is 2.60. The Morgan fingerprint density at radius 1 is 0.895 bits per heavy atom. The second-order valence-electron chi connectivity index (χ2n) is 4.48. The van der Waals surface area contributed by atoms with E-state index < -0.39 is 0 Å². The third-order valence-electron chi connectivity index (χ3n) is 3.10. The van der Waals surface area contributed by atoms with Crippen LogP contribution < -0.4 is 0 Å². The summed E-state index contributed by atoms with van der Waals surface area (Å²) in [6, 6.07) is 18.0. The zero-order valence-electron chi connectivity index (χ0n) is 10.8. The van der Waals surface area contributed by atoms with Crippen LogP contribution in [0.5, 0.6) is 0 Å². The maximum Gasteiger partial charge on any atom is 0.163 e. The average Bonchev–Trinajstić information content (AvgIpc) is 2.48. The molecular formula is C17H17BrO. The normalized spacial score (nSPS) is 10.4. The third-order valence-corrected chi connectivity index (χ3v) is 3.66. The molecule has 0 aliphatic carbocycles. The van der Waals surface area contributed by atoms with E-state index in [1.165, 1.54) is 0 Å². The number of unbranched alkanes of at least 4 members (excludes halogenated alkanes) is 1. The Labute approximate surface area is 122 Å². The molecule has 0 heterocycles. The Balaban J connectivity index is 2.24. The fourth-order valence-electron chi connectivity index (χ4n) is 2.11. The summed E-state index contributed by atoms with van der Waals surface area (Å²) in [5, 5.41) is 0.959.